The molecule has 3 rings (SSSR count). The zero-order valence-electron chi connectivity index (χ0n) is 8.63. The van der Waals surface area contributed by atoms with Gasteiger partial charge < -0.3 is 4.52 Å². The van der Waals surface area contributed by atoms with Crippen LogP contribution in [0.25, 0.3) is 11.5 Å². The lowest BCUT2D eigenvalue weighted by molar-refractivity contribution is 0.364. The molecular weight excluding hydrogens is 206 g/mol. The quantitative estimate of drug-likeness (QED) is 0.785. The van der Waals surface area contributed by atoms with E-state index in [9.17, 15) is 0 Å². The SMILES string of the molecule is C1=CC(Cc2nc(-c3cn[nH]n3)no2)CC1. The van der Waals surface area contributed by atoms with Crippen LogP contribution in [0.15, 0.2) is 22.9 Å². The highest BCUT2D eigenvalue weighted by Gasteiger charge is 2.16. The Bertz CT molecular complexity index is 487. The summed E-state index contributed by atoms with van der Waals surface area (Å²) in [5.41, 5.74) is 0.608. The molecule has 0 saturated carbocycles. The van der Waals surface area contributed by atoms with E-state index in [1.54, 1.807) is 6.20 Å². The van der Waals surface area contributed by atoms with Gasteiger partial charge in [-0.2, -0.15) is 20.4 Å². The lowest BCUT2D eigenvalue weighted by atomic mass is 10.1. The van der Waals surface area contributed by atoms with Gasteiger partial charge in [-0.15, -0.1) is 0 Å². The minimum absolute atomic E-state index is 0.491. The Hall–Kier alpha value is -1.98. The fourth-order valence-electron chi connectivity index (χ4n) is 1.84. The van der Waals surface area contributed by atoms with E-state index in [1.807, 2.05) is 0 Å². The number of nitrogens with one attached hydrogen (secondary N) is 1. The molecule has 0 bridgehead atoms. The summed E-state index contributed by atoms with van der Waals surface area (Å²) in [6.07, 6.45) is 9.10. The van der Waals surface area contributed by atoms with Gasteiger partial charge in [0, 0.05) is 6.42 Å². The molecule has 6 nitrogen and oxygen atoms in total. The van der Waals surface area contributed by atoms with Crippen LogP contribution in [0, 0.1) is 5.92 Å². The Labute approximate surface area is 91.8 Å². The van der Waals surface area contributed by atoms with Gasteiger partial charge in [0.05, 0.1) is 6.20 Å². The van der Waals surface area contributed by atoms with Crippen LogP contribution >= 0.6 is 0 Å². The Balaban J connectivity index is 1.75. The van der Waals surface area contributed by atoms with Crippen LogP contribution in [-0.4, -0.2) is 25.6 Å². The maximum atomic E-state index is 5.17. The topological polar surface area (TPSA) is 80.5 Å². The van der Waals surface area contributed by atoms with Gasteiger partial charge >= 0.3 is 0 Å². The number of hydrogen-bond donors (Lipinski definition) is 1. The molecule has 0 amide bonds. The molecule has 6 heteroatoms. The van der Waals surface area contributed by atoms with Gasteiger partial charge in [0.25, 0.3) is 0 Å². The van der Waals surface area contributed by atoms with Gasteiger partial charge in [-0.1, -0.05) is 17.3 Å². The standard InChI is InChI=1S/C10H11N5O/c1-2-4-7(3-1)5-9-12-10(14-16-9)8-6-11-15-13-8/h1,3,6-7H,2,4-5H2,(H,11,13,15). The minimum Gasteiger partial charge on any atom is -0.339 e. The van der Waals surface area contributed by atoms with Crippen LogP contribution in [-0.2, 0) is 6.42 Å². The minimum atomic E-state index is 0.491. The van der Waals surface area contributed by atoms with Crippen molar-refractivity contribution < 1.29 is 4.52 Å². The average Bonchev–Trinajstić information content (AvgIpc) is 2.99. The van der Waals surface area contributed by atoms with Crippen LogP contribution < -0.4 is 0 Å². The zero-order valence-corrected chi connectivity index (χ0v) is 8.63. The van der Waals surface area contributed by atoms with E-state index in [2.05, 4.69) is 37.7 Å². The van der Waals surface area contributed by atoms with Crippen molar-refractivity contribution in [3.63, 3.8) is 0 Å². The molecule has 1 aliphatic rings. The first-order valence-electron chi connectivity index (χ1n) is 5.27. The lowest BCUT2D eigenvalue weighted by Crippen LogP contribution is -1.97. The first kappa shape index (κ1) is 9.26. The lowest BCUT2D eigenvalue weighted by Gasteiger charge is -2.00. The Kier molecular flexibility index (Phi) is 2.25. The van der Waals surface area contributed by atoms with E-state index in [-0.39, 0.29) is 0 Å². The van der Waals surface area contributed by atoms with Crippen molar-refractivity contribution in [3.8, 4) is 11.5 Å². The average molecular weight is 217 g/mol. The molecule has 2 aromatic rings. The first-order valence-corrected chi connectivity index (χ1v) is 5.27. The molecule has 1 unspecified atom stereocenters. The fraction of sp³-hybridized carbons (Fsp3) is 0.400. The van der Waals surface area contributed by atoms with Crippen molar-refractivity contribution in [2.75, 3.05) is 0 Å². The van der Waals surface area contributed by atoms with E-state index in [1.165, 1.54) is 6.42 Å². The molecule has 0 aromatic carbocycles. The summed E-state index contributed by atoms with van der Waals surface area (Å²) < 4.78 is 5.17. The summed E-state index contributed by atoms with van der Waals surface area (Å²) in [5.74, 6) is 1.69. The fourth-order valence-corrected chi connectivity index (χ4v) is 1.84. The number of rotatable bonds is 3. The van der Waals surface area contributed by atoms with Crippen molar-refractivity contribution in [2.24, 2.45) is 5.92 Å². The number of H-pyrrole nitrogens is 1. The highest BCUT2D eigenvalue weighted by molar-refractivity contribution is 5.44. The van der Waals surface area contributed by atoms with Crippen LogP contribution in [0.2, 0.25) is 0 Å². The summed E-state index contributed by atoms with van der Waals surface area (Å²) in [6, 6.07) is 0. The largest absolute Gasteiger partial charge is 0.339 e. The van der Waals surface area contributed by atoms with Gasteiger partial charge in [-0.05, 0) is 18.8 Å². The second-order valence-electron chi connectivity index (χ2n) is 3.84. The van der Waals surface area contributed by atoms with Crippen LogP contribution in [0.4, 0.5) is 0 Å². The maximum absolute atomic E-state index is 5.17. The highest BCUT2D eigenvalue weighted by Crippen LogP contribution is 2.21. The number of aromatic nitrogens is 5. The number of hydrogen-bond acceptors (Lipinski definition) is 5. The molecule has 16 heavy (non-hydrogen) atoms. The predicted molar refractivity (Wildman–Crippen MR) is 55.2 cm³/mol. The van der Waals surface area contributed by atoms with Crippen molar-refractivity contribution in [3.05, 3.63) is 24.2 Å². The predicted octanol–water partition coefficient (Wildman–Crippen LogP) is 1.36. The molecule has 0 fully saturated rings. The number of allylic oxidation sites excluding steroid dienone is 2. The van der Waals surface area contributed by atoms with Gasteiger partial charge in [-0.3, -0.25) is 0 Å². The number of nitrogens with zero attached hydrogens (tertiary/aromatic N) is 4. The van der Waals surface area contributed by atoms with E-state index >= 15 is 0 Å². The molecule has 2 aromatic heterocycles. The molecular formula is C10H11N5O. The van der Waals surface area contributed by atoms with Gasteiger partial charge in [0.1, 0.15) is 0 Å². The zero-order chi connectivity index (χ0) is 10.8. The third kappa shape index (κ3) is 1.73. The van der Waals surface area contributed by atoms with Crippen LogP contribution in [0.3, 0.4) is 0 Å². The summed E-state index contributed by atoms with van der Waals surface area (Å²) in [7, 11) is 0. The summed E-state index contributed by atoms with van der Waals surface area (Å²) >= 11 is 0. The molecule has 1 aliphatic carbocycles. The molecule has 82 valence electrons. The summed E-state index contributed by atoms with van der Waals surface area (Å²) in [4.78, 5) is 4.28. The number of aromatic amines is 1. The van der Waals surface area contributed by atoms with Crippen molar-refractivity contribution in [2.45, 2.75) is 19.3 Å². The smallest absolute Gasteiger partial charge is 0.227 e. The second kappa shape index (κ2) is 3.88. The van der Waals surface area contributed by atoms with Crippen LogP contribution in [0.5, 0.6) is 0 Å². The normalized spacial score (nSPS) is 19.4. The monoisotopic (exact) mass is 217 g/mol. The third-order valence-electron chi connectivity index (χ3n) is 2.66. The Morgan fingerprint density at radius 3 is 3.25 bits per heavy atom. The van der Waals surface area contributed by atoms with Crippen molar-refractivity contribution in [1.82, 2.24) is 25.6 Å². The van der Waals surface area contributed by atoms with E-state index in [0.29, 0.717) is 23.3 Å². The third-order valence-corrected chi connectivity index (χ3v) is 2.66. The summed E-state index contributed by atoms with van der Waals surface area (Å²) in [6.45, 7) is 0. The van der Waals surface area contributed by atoms with Gasteiger partial charge in [0.15, 0.2) is 5.69 Å². The molecule has 0 aliphatic heterocycles. The van der Waals surface area contributed by atoms with Crippen molar-refractivity contribution >= 4 is 0 Å². The van der Waals surface area contributed by atoms with Crippen LogP contribution in [0.1, 0.15) is 18.7 Å². The van der Waals surface area contributed by atoms with E-state index in [4.69, 9.17) is 4.52 Å². The Morgan fingerprint density at radius 1 is 1.50 bits per heavy atom. The van der Waals surface area contributed by atoms with E-state index in [0.717, 1.165) is 12.8 Å². The summed E-state index contributed by atoms with van der Waals surface area (Å²) in [5, 5.41) is 14.0. The molecule has 0 spiro atoms. The van der Waals surface area contributed by atoms with Gasteiger partial charge in [-0.25, -0.2) is 0 Å². The first-order chi connectivity index (χ1) is 7.92. The molecule has 1 atom stereocenters. The molecule has 2 heterocycles. The Morgan fingerprint density at radius 2 is 2.50 bits per heavy atom. The highest BCUT2D eigenvalue weighted by atomic mass is 16.5. The molecule has 1 N–H and O–H groups in total. The van der Waals surface area contributed by atoms with Gasteiger partial charge in [0.2, 0.25) is 11.7 Å². The van der Waals surface area contributed by atoms with E-state index < -0.39 is 0 Å². The second-order valence-corrected chi connectivity index (χ2v) is 3.84. The van der Waals surface area contributed by atoms with Crippen molar-refractivity contribution in [1.29, 1.82) is 0 Å². The molecule has 0 saturated heterocycles. The molecule has 0 radical (unpaired) electrons. The maximum Gasteiger partial charge on any atom is 0.227 e.